The zero-order chi connectivity index (χ0) is 12.5. The molecule has 0 aromatic carbocycles. The van der Waals surface area contributed by atoms with Crippen LogP contribution in [-0.2, 0) is 4.79 Å². The third-order valence-electron chi connectivity index (χ3n) is 2.74. The fourth-order valence-corrected chi connectivity index (χ4v) is 2.79. The van der Waals surface area contributed by atoms with Crippen LogP contribution in [0.25, 0.3) is 0 Å². The summed E-state index contributed by atoms with van der Waals surface area (Å²) in [5, 5.41) is 9.22. The number of carboxylic acid groups (broad SMARTS) is 1. The van der Waals surface area contributed by atoms with Crippen molar-refractivity contribution in [1.82, 2.24) is 9.97 Å². The molecule has 7 heteroatoms. The van der Waals surface area contributed by atoms with E-state index in [0.717, 1.165) is 12.8 Å². The third-order valence-corrected chi connectivity index (χ3v) is 3.96. The van der Waals surface area contributed by atoms with Crippen LogP contribution >= 0.6 is 11.8 Å². The number of anilines is 1. The predicted octanol–water partition coefficient (Wildman–Crippen LogP) is 0.699. The highest BCUT2D eigenvalue weighted by Gasteiger charge is 2.44. The van der Waals surface area contributed by atoms with E-state index in [-0.39, 0.29) is 23.2 Å². The summed E-state index contributed by atoms with van der Waals surface area (Å²) in [6.45, 7) is 0. The van der Waals surface area contributed by atoms with Crippen molar-refractivity contribution in [3.63, 3.8) is 0 Å². The monoisotopic (exact) mass is 255 g/mol. The Labute approximate surface area is 102 Å². The summed E-state index contributed by atoms with van der Waals surface area (Å²) in [6.07, 6.45) is 2.00. The highest BCUT2D eigenvalue weighted by Crippen LogP contribution is 2.51. The molecule has 0 radical (unpaired) electrons. The van der Waals surface area contributed by atoms with E-state index in [9.17, 15) is 9.59 Å². The minimum absolute atomic E-state index is 0.125. The minimum atomic E-state index is -0.780. The molecule has 2 rings (SSSR count). The number of nitrogens with two attached hydrogens (primary N) is 1. The number of nitrogens with zero attached hydrogens (tertiary/aromatic N) is 1. The Morgan fingerprint density at radius 3 is 2.88 bits per heavy atom. The quantitative estimate of drug-likeness (QED) is 0.528. The number of aliphatic carboxylic acids is 1. The Balaban J connectivity index is 1.98. The molecule has 1 aromatic heterocycles. The van der Waals surface area contributed by atoms with Crippen molar-refractivity contribution in [2.45, 2.75) is 24.4 Å². The Kier molecular flexibility index (Phi) is 3.10. The van der Waals surface area contributed by atoms with Gasteiger partial charge in [-0.05, 0) is 18.3 Å². The van der Waals surface area contributed by atoms with Gasteiger partial charge in [-0.3, -0.25) is 9.59 Å². The number of rotatable bonds is 5. The number of carbonyl (C=O) groups is 1. The van der Waals surface area contributed by atoms with Gasteiger partial charge in [0.2, 0.25) is 0 Å². The van der Waals surface area contributed by atoms with Crippen molar-refractivity contribution in [1.29, 1.82) is 0 Å². The summed E-state index contributed by atoms with van der Waals surface area (Å²) >= 11 is 1.35. The van der Waals surface area contributed by atoms with E-state index in [4.69, 9.17) is 10.8 Å². The Morgan fingerprint density at radius 1 is 1.65 bits per heavy atom. The summed E-state index contributed by atoms with van der Waals surface area (Å²) < 4.78 is 0. The second-order valence-electron chi connectivity index (χ2n) is 4.33. The molecule has 92 valence electrons. The highest BCUT2D eigenvalue weighted by atomic mass is 32.2. The number of thioether (sulfide) groups is 1. The van der Waals surface area contributed by atoms with E-state index in [2.05, 4.69) is 9.97 Å². The lowest BCUT2D eigenvalue weighted by atomic mass is 10.1. The van der Waals surface area contributed by atoms with Crippen molar-refractivity contribution in [3.05, 3.63) is 16.4 Å². The number of nitrogen functional groups attached to an aromatic ring is 1. The smallest absolute Gasteiger partial charge is 0.303 e. The molecular formula is C10H13N3O3S. The molecule has 6 nitrogen and oxygen atoms in total. The van der Waals surface area contributed by atoms with Crippen molar-refractivity contribution in [3.8, 4) is 0 Å². The van der Waals surface area contributed by atoms with Crippen LogP contribution in [0.2, 0.25) is 0 Å². The number of H-pyrrole nitrogens is 1. The molecule has 0 spiro atoms. The molecule has 0 bridgehead atoms. The van der Waals surface area contributed by atoms with Gasteiger partial charge in [0.15, 0.2) is 5.16 Å². The van der Waals surface area contributed by atoms with Crippen LogP contribution in [0.5, 0.6) is 0 Å². The number of aromatic amines is 1. The molecule has 0 amide bonds. The van der Waals surface area contributed by atoms with E-state index in [1.54, 1.807) is 0 Å². The van der Waals surface area contributed by atoms with E-state index < -0.39 is 5.97 Å². The molecule has 1 fully saturated rings. The lowest BCUT2D eigenvalue weighted by molar-refractivity contribution is -0.138. The number of nitrogens with one attached hydrogen (secondary N) is 1. The second-order valence-corrected chi connectivity index (χ2v) is 5.30. The molecular weight excluding hydrogens is 242 g/mol. The van der Waals surface area contributed by atoms with Crippen molar-refractivity contribution >= 4 is 23.5 Å². The first-order valence-corrected chi connectivity index (χ1v) is 6.19. The number of hydrogen-bond donors (Lipinski definition) is 3. The van der Waals surface area contributed by atoms with Crippen LogP contribution in [-0.4, -0.2) is 26.8 Å². The lowest BCUT2D eigenvalue weighted by Crippen LogP contribution is -2.13. The van der Waals surface area contributed by atoms with Gasteiger partial charge in [0, 0.05) is 11.8 Å². The van der Waals surface area contributed by atoms with Gasteiger partial charge in [0.1, 0.15) is 5.82 Å². The van der Waals surface area contributed by atoms with Gasteiger partial charge in [0.05, 0.1) is 6.42 Å². The Morgan fingerprint density at radius 2 is 2.35 bits per heavy atom. The van der Waals surface area contributed by atoms with Gasteiger partial charge in [0.25, 0.3) is 5.56 Å². The summed E-state index contributed by atoms with van der Waals surface area (Å²) in [5.41, 5.74) is 5.04. The summed E-state index contributed by atoms with van der Waals surface area (Å²) in [6, 6.07) is 1.22. The second kappa shape index (κ2) is 4.40. The van der Waals surface area contributed by atoms with Crippen molar-refractivity contribution in [2.24, 2.45) is 5.41 Å². The Hall–Kier alpha value is -1.50. The van der Waals surface area contributed by atoms with Gasteiger partial charge in [-0.25, -0.2) is 4.98 Å². The molecule has 0 atom stereocenters. The zero-order valence-corrected chi connectivity index (χ0v) is 9.92. The maximum absolute atomic E-state index is 11.1. The fourth-order valence-electron chi connectivity index (χ4n) is 1.61. The van der Waals surface area contributed by atoms with Gasteiger partial charge in [-0.15, -0.1) is 0 Å². The maximum atomic E-state index is 11.1. The lowest BCUT2D eigenvalue weighted by Gasteiger charge is -2.10. The first kappa shape index (κ1) is 12.0. The van der Waals surface area contributed by atoms with Crippen LogP contribution in [0.3, 0.4) is 0 Å². The zero-order valence-electron chi connectivity index (χ0n) is 9.10. The van der Waals surface area contributed by atoms with Crippen LogP contribution in [0, 0.1) is 5.41 Å². The van der Waals surface area contributed by atoms with E-state index in [1.807, 2.05) is 0 Å². The van der Waals surface area contributed by atoms with Gasteiger partial charge in [-0.1, -0.05) is 11.8 Å². The molecule has 1 heterocycles. The fraction of sp³-hybridized carbons (Fsp3) is 0.500. The molecule has 4 N–H and O–H groups in total. The van der Waals surface area contributed by atoms with E-state index in [1.165, 1.54) is 17.8 Å². The SMILES string of the molecule is Nc1cc(=O)[nH]c(SCC2(CC(=O)O)CC2)n1. The third kappa shape index (κ3) is 3.23. The molecule has 0 unspecified atom stereocenters. The molecule has 1 aliphatic carbocycles. The normalized spacial score (nSPS) is 16.7. The average molecular weight is 255 g/mol. The van der Waals surface area contributed by atoms with Crippen LogP contribution < -0.4 is 11.3 Å². The molecule has 17 heavy (non-hydrogen) atoms. The first-order chi connectivity index (χ1) is 7.99. The molecule has 1 saturated carbocycles. The van der Waals surface area contributed by atoms with Crippen molar-refractivity contribution < 1.29 is 9.90 Å². The number of hydrogen-bond acceptors (Lipinski definition) is 5. The molecule has 0 aliphatic heterocycles. The van der Waals surface area contributed by atoms with Crippen LogP contribution in [0.4, 0.5) is 5.82 Å². The van der Waals surface area contributed by atoms with Gasteiger partial charge >= 0.3 is 5.97 Å². The topological polar surface area (TPSA) is 109 Å². The number of carboxylic acids is 1. The standard InChI is InChI=1S/C10H13N3O3S/c11-6-3-7(14)13-9(12-6)17-5-10(1-2-10)4-8(15)16/h3H,1-2,4-5H2,(H,15,16)(H3,11,12,13,14). The number of aromatic nitrogens is 2. The highest BCUT2D eigenvalue weighted by molar-refractivity contribution is 7.99. The maximum Gasteiger partial charge on any atom is 0.303 e. The largest absolute Gasteiger partial charge is 0.481 e. The summed E-state index contributed by atoms with van der Waals surface area (Å²) in [7, 11) is 0. The predicted molar refractivity (Wildman–Crippen MR) is 63.9 cm³/mol. The average Bonchev–Trinajstić information content (AvgIpc) is 2.93. The first-order valence-electron chi connectivity index (χ1n) is 5.21. The molecule has 1 aliphatic rings. The molecule has 0 saturated heterocycles. The van der Waals surface area contributed by atoms with Crippen LogP contribution in [0.15, 0.2) is 16.0 Å². The van der Waals surface area contributed by atoms with E-state index in [0.29, 0.717) is 10.9 Å². The van der Waals surface area contributed by atoms with Crippen molar-refractivity contribution in [2.75, 3.05) is 11.5 Å². The van der Waals surface area contributed by atoms with Gasteiger partial charge < -0.3 is 15.8 Å². The minimum Gasteiger partial charge on any atom is -0.481 e. The Bertz CT molecular complexity index is 496. The summed E-state index contributed by atoms with van der Waals surface area (Å²) in [5.74, 6) is 0.0440. The molecule has 1 aromatic rings. The van der Waals surface area contributed by atoms with E-state index >= 15 is 0 Å². The summed E-state index contributed by atoms with van der Waals surface area (Å²) in [4.78, 5) is 28.4. The van der Waals surface area contributed by atoms with Crippen LogP contribution in [0.1, 0.15) is 19.3 Å². The van der Waals surface area contributed by atoms with Gasteiger partial charge in [-0.2, -0.15) is 0 Å².